The van der Waals surface area contributed by atoms with Crippen LogP contribution in [-0.4, -0.2) is 17.7 Å². The molecule has 2 atom stereocenters. The average Bonchev–Trinajstić information content (AvgIpc) is 2.99. The van der Waals surface area contributed by atoms with Gasteiger partial charge in [0, 0.05) is 6.04 Å². The monoisotopic (exact) mass is 237 g/mol. The first-order valence-electron chi connectivity index (χ1n) is 6.70. The highest BCUT2D eigenvalue weighted by Crippen LogP contribution is 2.24. The minimum absolute atomic E-state index is 0.329. The van der Waals surface area contributed by atoms with Crippen LogP contribution in [0.1, 0.15) is 50.9 Å². The number of aliphatic hydroxyl groups is 1. The summed E-state index contributed by atoms with van der Waals surface area (Å²) in [5.41, 5.74) is 0. The summed E-state index contributed by atoms with van der Waals surface area (Å²) >= 11 is 0. The zero-order chi connectivity index (χ0) is 12.1. The van der Waals surface area contributed by atoms with Crippen LogP contribution in [-0.2, 0) is 0 Å². The summed E-state index contributed by atoms with van der Waals surface area (Å²) in [6.45, 7) is 3.22. The predicted octanol–water partition coefficient (Wildman–Crippen LogP) is 2.87. The summed E-state index contributed by atoms with van der Waals surface area (Å²) in [5, 5.41) is 13.5. The van der Waals surface area contributed by atoms with Crippen molar-refractivity contribution in [3.8, 4) is 0 Å². The van der Waals surface area contributed by atoms with E-state index in [9.17, 15) is 5.11 Å². The van der Waals surface area contributed by atoms with Crippen molar-refractivity contribution in [2.75, 3.05) is 6.54 Å². The molecule has 1 heterocycles. The second kappa shape index (κ2) is 6.22. The summed E-state index contributed by atoms with van der Waals surface area (Å²) in [6, 6.07) is 3.97. The van der Waals surface area contributed by atoms with Crippen LogP contribution in [0.5, 0.6) is 0 Å². The van der Waals surface area contributed by atoms with Crippen molar-refractivity contribution in [3.63, 3.8) is 0 Å². The molecule has 0 bridgehead atoms. The highest BCUT2D eigenvalue weighted by molar-refractivity contribution is 5.02. The Balaban J connectivity index is 1.67. The lowest BCUT2D eigenvalue weighted by Gasteiger charge is -2.19. The Morgan fingerprint density at radius 3 is 2.88 bits per heavy atom. The van der Waals surface area contributed by atoms with Gasteiger partial charge in [-0.15, -0.1) is 0 Å². The van der Waals surface area contributed by atoms with Crippen LogP contribution in [0.25, 0.3) is 0 Å². The lowest BCUT2D eigenvalue weighted by atomic mass is 10.1. The molecule has 2 unspecified atom stereocenters. The Bertz CT molecular complexity index is 304. The van der Waals surface area contributed by atoms with Gasteiger partial charge in [-0.3, -0.25) is 0 Å². The van der Waals surface area contributed by atoms with Gasteiger partial charge >= 0.3 is 0 Å². The molecule has 1 fully saturated rings. The Hall–Kier alpha value is -0.800. The quantitative estimate of drug-likeness (QED) is 0.799. The van der Waals surface area contributed by atoms with E-state index in [1.165, 1.54) is 25.7 Å². The summed E-state index contributed by atoms with van der Waals surface area (Å²) in [6.07, 6.45) is 7.32. The van der Waals surface area contributed by atoms with Crippen molar-refractivity contribution in [2.45, 2.75) is 51.2 Å². The Kier molecular flexibility index (Phi) is 4.63. The molecule has 17 heavy (non-hydrogen) atoms. The third-order valence-electron chi connectivity index (χ3n) is 3.68. The molecule has 0 amide bonds. The van der Waals surface area contributed by atoms with Crippen LogP contribution in [0.4, 0.5) is 0 Å². The fourth-order valence-corrected chi connectivity index (χ4v) is 2.60. The third-order valence-corrected chi connectivity index (χ3v) is 3.68. The van der Waals surface area contributed by atoms with E-state index in [4.69, 9.17) is 4.42 Å². The lowest BCUT2D eigenvalue weighted by Crippen LogP contribution is -2.31. The van der Waals surface area contributed by atoms with E-state index >= 15 is 0 Å². The smallest absolute Gasteiger partial charge is 0.132 e. The van der Waals surface area contributed by atoms with E-state index in [0.717, 1.165) is 12.5 Å². The number of aliphatic hydroxyl groups excluding tert-OH is 1. The van der Waals surface area contributed by atoms with Gasteiger partial charge in [-0.2, -0.15) is 0 Å². The predicted molar refractivity (Wildman–Crippen MR) is 67.7 cm³/mol. The molecule has 0 aromatic carbocycles. The van der Waals surface area contributed by atoms with Crippen molar-refractivity contribution < 1.29 is 9.52 Å². The fraction of sp³-hybridized carbons (Fsp3) is 0.714. The van der Waals surface area contributed by atoms with Crippen molar-refractivity contribution in [1.82, 2.24) is 5.32 Å². The molecule has 1 aromatic heterocycles. The second-order valence-corrected chi connectivity index (χ2v) is 5.23. The molecule has 1 saturated carbocycles. The van der Waals surface area contributed by atoms with Crippen LogP contribution in [0.3, 0.4) is 0 Å². The molecule has 1 aliphatic rings. The van der Waals surface area contributed by atoms with Gasteiger partial charge in [-0.05, 0) is 50.8 Å². The number of rotatable bonds is 6. The van der Waals surface area contributed by atoms with Gasteiger partial charge < -0.3 is 14.8 Å². The lowest BCUT2D eigenvalue weighted by molar-refractivity contribution is 0.128. The van der Waals surface area contributed by atoms with E-state index in [1.54, 1.807) is 6.26 Å². The largest absolute Gasteiger partial charge is 0.467 e. The van der Waals surface area contributed by atoms with Crippen LogP contribution >= 0.6 is 0 Å². The molecule has 96 valence electrons. The zero-order valence-electron chi connectivity index (χ0n) is 10.6. The SMILES string of the molecule is CC(CC(O)c1ccco1)NCC1CCCC1. The minimum Gasteiger partial charge on any atom is -0.467 e. The van der Waals surface area contributed by atoms with Crippen LogP contribution in [0.2, 0.25) is 0 Å². The molecule has 3 heteroatoms. The van der Waals surface area contributed by atoms with Gasteiger partial charge in [0.2, 0.25) is 0 Å². The van der Waals surface area contributed by atoms with Crippen molar-refractivity contribution in [2.24, 2.45) is 5.92 Å². The first-order valence-corrected chi connectivity index (χ1v) is 6.70. The van der Waals surface area contributed by atoms with Crippen molar-refractivity contribution in [1.29, 1.82) is 0 Å². The van der Waals surface area contributed by atoms with Gasteiger partial charge in [0.1, 0.15) is 11.9 Å². The first kappa shape index (κ1) is 12.7. The summed E-state index contributed by atoms with van der Waals surface area (Å²) in [4.78, 5) is 0. The molecular formula is C14H23NO2. The van der Waals surface area contributed by atoms with E-state index in [-0.39, 0.29) is 0 Å². The van der Waals surface area contributed by atoms with Crippen molar-refractivity contribution >= 4 is 0 Å². The highest BCUT2D eigenvalue weighted by atomic mass is 16.4. The van der Waals surface area contributed by atoms with E-state index in [0.29, 0.717) is 18.2 Å². The first-order chi connectivity index (χ1) is 8.25. The van der Waals surface area contributed by atoms with Crippen LogP contribution in [0.15, 0.2) is 22.8 Å². The van der Waals surface area contributed by atoms with E-state index < -0.39 is 6.10 Å². The molecule has 2 N–H and O–H groups in total. The Morgan fingerprint density at radius 1 is 1.47 bits per heavy atom. The number of hydrogen-bond donors (Lipinski definition) is 2. The maximum absolute atomic E-state index is 9.94. The normalized spacial score (nSPS) is 20.6. The molecule has 2 rings (SSSR count). The molecule has 0 spiro atoms. The van der Waals surface area contributed by atoms with Gasteiger partial charge in [0.15, 0.2) is 0 Å². The topological polar surface area (TPSA) is 45.4 Å². The standard InChI is InChI=1S/C14H23NO2/c1-11(15-10-12-5-2-3-6-12)9-13(16)14-7-4-8-17-14/h4,7-8,11-13,15-16H,2-3,5-6,9-10H2,1H3. The van der Waals surface area contributed by atoms with Crippen molar-refractivity contribution in [3.05, 3.63) is 24.2 Å². The minimum atomic E-state index is -0.490. The summed E-state index contributed by atoms with van der Waals surface area (Å²) in [5.74, 6) is 1.51. The van der Waals surface area contributed by atoms with Crippen LogP contribution in [0, 0.1) is 5.92 Å². The maximum atomic E-state index is 9.94. The second-order valence-electron chi connectivity index (χ2n) is 5.23. The molecule has 0 saturated heterocycles. The molecule has 1 aromatic rings. The van der Waals surface area contributed by atoms with Crippen LogP contribution < -0.4 is 5.32 Å². The van der Waals surface area contributed by atoms with E-state index in [1.807, 2.05) is 12.1 Å². The number of hydrogen-bond acceptors (Lipinski definition) is 3. The van der Waals surface area contributed by atoms with E-state index in [2.05, 4.69) is 12.2 Å². The molecule has 1 aliphatic carbocycles. The average molecular weight is 237 g/mol. The molecule has 3 nitrogen and oxygen atoms in total. The maximum Gasteiger partial charge on any atom is 0.132 e. The molecular weight excluding hydrogens is 214 g/mol. The van der Waals surface area contributed by atoms with Gasteiger partial charge in [-0.25, -0.2) is 0 Å². The zero-order valence-corrected chi connectivity index (χ0v) is 10.6. The van der Waals surface area contributed by atoms with Gasteiger partial charge in [0.25, 0.3) is 0 Å². The fourth-order valence-electron chi connectivity index (χ4n) is 2.60. The highest BCUT2D eigenvalue weighted by Gasteiger charge is 2.18. The number of furan rings is 1. The Morgan fingerprint density at radius 2 is 2.24 bits per heavy atom. The van der Waals surface area contributed by atoms with Gasteiger partial charge in [-0.1, -0.05) is 12.8 Å². The summed E-state index contributed by atoms with van der Waals surface area (Å²) in [7, 11) is 0. The third kappa shape index (κ3) is 3.86. The summed E-state index contributed by atoms with van der Waals surface area (Å²) < 4.78 is 5.20. The molecule has 0 aliphatic heterocycles. The van der Waals surface area contributed by atoms with Gasteiger partial charge in [0.05, 0.1) is 6.26 Å². The number of nitrogens with one attached hydrogen (secondary N) is 1. The Labute approximate surface area is 103 Å². The molecule has 0 radical (unpaired) electrons.